The van der Waals surface area contributed by atoms with Crippen LogP contribution in [-0.4, -0.2) is 22.4 Å². The first kappa shape index (κ1) is 17.2. The van der Waals surface area contributed by atoms with Crippen molar-refractivity contribution < 1.29 is 4.79 Å². The minimum Gasteiger partial charge on any atom is -0.339 e. The second kappa shape index (κ2) is 7.19. The Morgan fingerprint density at radius 1 is 1.07 bits per heavy atom. The molecule has 1 amide bonds. The summed E-state index contributed by atoms with van der Waals surface area (Å²) in [5.74, 6) is 0.521. The highest BCUT2D eigenvalue weighted by Crippen LogP contribution is 2.28. The standard InChI is InChI=1S/C22H22N4O/c1-15-9-10-16(2)18(12-15)25-21-14-23-19(13-24-21)22(27)26-11-5-7-17-6-3-4-8-20(17)26/h3-4,6,8-10,12-14H,5,7,11H2,1-2H3,(H,24,25). The predicted molar refractivity (Wildman–Crippen MR) is 108 cm³/mol. The van der Waals surface area contributed by atoms with Crippen molar-refractivity contribution in [1.82, 2.24) is 9.97 Å². The highest BCUT2D eigenvalue weighted by atomic mass is 16.2. The zero-order valence-electron chi connectivity index (χ0n) is 15.6. The molecule has 3 aromatic rings. The van der Waals surface area contributed by atoms with Crippen molar-refractivity contribution in [1.29, 1.82) is 0 Å². The Hall–Kier alpha value is -3.21. The molecule has 0 bridgehead atoms. The lowest BCUT2D eigenvalue weighted by Gasteiger charge is -2.29. The van der Waals surface area contributed by atoms with Crippen LogP contribution in [0.25, 0.3) is 0 Å². The van der Waals surface area contributed by atoms with Crippen molar-refractivity contribution in [2.45, 2.75) is 26.7 Å². The van der Waals surface area contributed by atoms with Crippen LogP contribution in [-0.2, 0) is 6.42 Å². The van der Waals surface area contributed by atoms with Crippen molar-refractivity contribution in [3.8, 4) is 0 Å². The number of nitrogens with zero attached hydrogens (tertiary/aromatic N) is 3. The summed E-state index contributed by atoms with van der Waals surface area (Å²) in [5, 5.41) is 3.28. The summed E-state index contributed by atoms with van der Waals surface area (Å²) >= 11 is 0. The zero-order valence-corrected chi connectivity index (χ0v) is 15.6. The first-order valence-corrected chi connectivity index (χ1v) is 9.18. The van der Waals surface area contributed by atoms with E-state index >= 15 is 0 Å². The fraction of sp³-hybridized carbons (Fsp3) is 0.227. The number of hydrogen-bond acceptors (Lipinski definition) is 4. The molecule has 5 heteroatoms. The van der Waals surface area contributed by atoms with Gasteiger partial charge in [-0.05, 0) is 55.5 Å². The lowest BCUT2D eigenvalue weighted by Crippen LogP contribution is -2.36. The Bertz CT molecular complexity index is 982. The molecule has 0 aliphatic carbocycles. The Kier molecular flexibility index (Phi) is 4.59. The van der Waals surface area contributed by atoms with Crippen molar-refractivity contribution in [3.05, 3.63) is 77.2 Å². The third-order valence-corrected chi connectivity index (χ3v) is 4.88. The quantitative estimate of drug-likeness (QED) is 0.752. The van der Waals surface area contributed by atoms with Crippen LogP contribution >= 0.6 is 0 Å². The number of nitrogens with one attached hydrogen (secondary N) is 1. The average Bonchev–Trinajstić information content (AvgIpc) is 2.70. The van der Waals surface area contributed by atoms with Gasteiger partial charge in [-0.3, -0.25) is 4.79 Å². The van der Waals surface area contributed by atoms with Gasteiger partial charge in [0.25, 0.3) is 5.91 Å². The Labute approximate surface area is 159 Å². The zero-order chi connectivity index (χ0) is 18.8. The van der Waals surface area contributed by atoms with Crippen LogP contribution in [0.5, 0.6) is 0 Å². The maximum Gasteiger partial charge on any atom is 0.278 e. The first-order valence-electron chi connectivity index (χ1n) is 9.18. The lowest BCUT2D eigenvalue weighted by atomic mass is 10.0. The summed E-state index contributed by atoms with van der Waals surface area (Å²) in [6.07, 6.45) is 5.13. The van der Waals surface area contributed by atoms with Gasteiger partial charge in [-0.1, -0.05) is 30.3 Å². The number of aromatic nitrogens is 2. The number of aryl methyl sites for hydroxylation is 3. The minimum atomic E-state index is -0.104. The fourth-order valence-electron chi connectivity index (χ4n) is 3.39. The maximum atomic E-state index is 12.9. The lowest BCUT2D eigenvalue weighted by molar-refractivity contribution is 0.0980. The Morgan fingerprint density at radius 3 is 2.74 bits per heavy atom. The molecule has 0 unspecified atom stereocenters. The highest BCUT2D eigenvalue weighted by Gasteiger charge is 2.24. The van der Waals surface area contributed by atoms with Crippen molar-refractivity contribution >= 4 is 23.1 Å². The topological polar surface area (TPSA) is 58.1 Å². The molecule has 0 radical (unpaired) electrons. The first-order chi connectivity index (χ1) is 13.1. The molecule has 2 aromatic carbocycles. The van der Waals surface area contributed by atoms with Gasteiger partial charge < -0.3 is 10.2 Å². The molecule has 1 aliphatic heterocycles. The van der Waals surface area contributed by atoms with Gasteiger partial charge in [-0.2, -0.15) is 0 Å². The number of carbonyl (C=O) groups is 1. The molecule has 136 valence electrons. The van der Waals surface area contributed by atoms with Crippen LogP contribution in [0.1, 0.15) is 33.6 Å². The van der Waals surface area contributed by atoms with Crippen LogP contribution in [0, 0.1) is 13.8 Å². The molecule has 4 rings (SSSR count). The van der Waals surface area contributed by atoms with Gasteiger partial charge in [0, 0.05) is 17.9 Å². The second-order valence-electron chi connectivity index (χ2n) is 6.92. The Morgan fingerprint density at radius 2 is 1.93 bits per heavy atom. The van der Waals surface area contributed by atoms with Gasteiger partial charge in [0.15, 0.2) is 0 Å². The maximum absolute atomic E-state index is 12.9. The summed E-state index contributed by atoms with van der Waals surface area (Å²) in [4.78, 5) is 23.5. The van der Waals surface area contributed by atoms with Crippen LogP contribution in [0.3, 0.4) is 0 Å². The minimum absolute atomic E-state index is 0.104. The molecule has 27 heavy (non-hydrogen) atoms. The van der Waals surface area contributed by atoms with E-state index in [9.17, 15) is 4.79 Å². The van der Waals surface area contributed by atoms with Gasteiger partial charge in [0.05, 0.1) is 12.4 Å². The van der Waals surface area contributed by atoms with E-state index in [0.29, 0.717) is 18.1 Å². The average molecular weight is 358 g/mol. The van der Waals surface area contributed by atoms with Gasteiger partial charge in [-0.15, -0.1) is 0 Å². The van der Waals surface area contributed by atoms with Gasteiger partial charge >= 0.3 is 0 Å². The van der Waals surface area contributed by atoms with Crippen LogP contribution in [0.15, 0.2) is 54.9 Å². The van der Waals surface area contributed by atoms with Gasteiger partial charge in [0.1, 0.15) is 11.5 Å². The third kappa shape index (κ3) is 3.53. The monoisotopic (exact) mass is 358 g/mol. The largest absolute Gasteiger partial charge is 0.339 e. The van der Waals surface area contributed by atoms with Crippen molar-refractivity contribution in [2.24, 2.45) is 0 Å². The van der Waals surface area contributed by atoms with E-state index in [1.807, 2.05) is 25.1 Å². The molecule has 5 nitrogen and oxygen atoms in total. The van der Waals surface area contributed by atoms with Crippen LogP contribution in [0.2, 0.25) is 0 Å². The van der Waals surface area contributed by atoms with Crippen molar-refractivity contribution in [3.63, 3.8) is 0 Å². The molecular formula is C22H22N4O. The number of rotatable bonds is 3. The molecule has 0 spiro atoms. The van der Waals surface area contributed by atoms with E-state index < -0.39 is 0 Å². The Balaban J connectivity index is 1.54. The van der Waals surface area contributed by atoms with E-state index in [1.54, 1.807) is 17.3 Å². The summed E-state index contributed by atoms with van der Waals surface area (Å²) in [6, 6.07) is 14.3. The normalized spacial score (nSPS) is 13.2. The van der Waals surface area contributed by atoms with Crippen LogP contribution in [0.4, 0.5) is 17.2 Å². The molecule has 1 aromatic heterocycles. The highest BCUT2D eigenvalue weighted by molar-refractivity contribution is 6.05. The predicted octanol–water partition coefficient (Wildman–Crippen LogP) is 4.43. The number of anilines is 3. The number of fused-ring (bicyclic) bond motifs is 1. The molecule has 1 N–H and O–H groups in total. The van der Waals surface area contributed by atoms with E-state index in [2.05, 4.69) is 46.5 Å². The van der Waals surface area contributed by atoms with E-state index in [0.717, 1.165) is 29.8 Å². The molecule has 0 atom stereocenters. The third-order valence-electron chi connectivity index (χ3n) is 4.88. The smallest absolute Gasteiger partial charge is 0.278 e. The number of para-hydroxylation sites is 1. The molecule has 0 saturated carbocycles. The van der Waals surface area contributed by atoms with E-state index in [-0.39, 0.29) is 5.91 Å². The van der Waals surface area contributed by atoms with Gasteiger partial charge in [-0.25, -0.2) is 9.97 Å². The van der Waals surface area contributed by atoms with E-state index in [4.69, 9.17) is 0 Å². The van der Waals surface area contributed by atoms with Crippen molar-refractivity contribution in [2.75, 3.05) is 16.8 Å². The van der Waals surface area contributed by atoms with Crippen LogP contribution < -0.4 is 10.2 Å². The van der Waals surface area contributed by atoms with E-state index in [1.165, 1.54) is 11.1 Å². The molecule has 0 saturated heterocycles. The molecule has 0 fully saturated rings. The fourth-order valence-corrected chi connectivity index (χ4v) is 3.39. The SMILES string of the molecule is Cc1ccc(C)c(Nc2cnc(C(=O)N3CCCc4ccccc43)cn2)c1. The second-order valence-corrected chi connectivity index (χ2v) is 6.92. The molecule has 1 aliphatic rings. The number of benzene rings is 2. The van der Waals surface area contributed by atoms with Gasteiger partial charge in [0.2, 0.25) is 0 Å². The number of amides is 1. The molecule has 2 heterocycles. The summed E-state index contributed by atoms with van der Waals surface area (Å²) < 4.78 is 0. The summed E-state index contributed by atoms with van der Waals surface area (Å²) in [6.45, 7) is 4.80. The number of carbonyl (C=O) groups excluding carboxylic acids is 1. The molecular weight excluding hydrogens is 336 g/mol. The number of hydrogen-bond donors (Lipinski definition) is 1. The summed E-state index contributed by atoms with van der Waals surface area (Å²) in [5.41, 5.74) is 5.84. The summed E-state index contributed by atoms with van der Waals surface area (Å²) in [7, 11) is 0.